The van der Waals surface area contributed by atoms with E-state index in [1.165, 1.54) is 154 Å². The van der Waals surface area contributed by atoms with Crippen molar-refractivity contribution < 1.29 is 24.3 Å². The average molecular weight is 1020 g/mol. The molecule has 67 heavy (non-hydrogen) atoms. The number of carbonyl (C=O) groups excluding carboxylic acids is 4. The van der Waals surface area contributed by atoms with Gasteiger partial charge >= 0.3 is 0 Å². The van der Waals surface area contributed by atoms with Crippen molar-refractivity contribution in [3.63, 3.8) is 0 Å². The number of hydrogen-bond donors (Lipinski definition) is 3. The lowest BCUT2D eigenvalue weighted by Gasteiger charge is -2.33. The van der Waals surface area contributed by atoms with E-state index in [4.69, 9.17) is 0 Å². The van der Waals surface area contributed by atoms with Crippen molar-refractivity contribution >= 4 is 66.8 Å². The Labute approximate surface area is 429 Å². The van der Waals surface area contributed by atoms with Crippen LogP contribution in [0.15, 0.2) is 0 Å². The van der Waals surface area contributed by atoms with Crippen LogP contribution in [0.3, 0.4) is 0 Å². The monoisotopic (exact) mass is 1020 g/mol. The van der Waals surface area contributed by atoms with Crippen LogP contribution in [-0.2, 0) is 19.2 Å². The van der Waals surface area contributed by atoms with Crippen LogP contribution in [0.1, 0.15) is 215 Å². The van der Waals surface area contributed by atoms with E-state index in [-0.39, 0.29) is 48.6 Å². The first-order chi connectivity index (χ1) is 32.5. The summed E-state index contributed by atoms with van der Waals surface area (Å²) >= 11 is 0. The van der Waals surface area contributed by atoms with Crippen LogP contribution in [-0.4, -0.2) is 131 Å². The molecule has 0 spiro atoms. The maximum atomic E-state index is 13.5. The number of aliphatic hydroxyl groups is 1. The fourth-order valence-corrected chi connectivity index (χ4v) is 12.8. The summed E-state index contributed by atoms with van der Waals surface area (Å²) < 4.78 is 0. The van der Waals surface area contributed by atoms with Crippen LogP contribution < -0.4 is 10.6 Å². The molecule has 0 aliphatic carbocycles. The average Bonchev–Trinajstić information content (AvgIpc) is 3.29. The SMILES string of the molecule is CCCCCCCCCCCCCCSSCCC(=O)N(CC)C(C(=O)NCCN(C)CCNC(=O)C(C(C)C)N(CCO)C(=O)CCSSCCCCCCCCCCCCCC)C(C)C. The van der Waals surface area contributed by atoms with Crippen molar-refractivity contribution in [3.05, 3.63) is 0 Å². The molecule has 3 N–H and O–H groups in total. The number of hydrogen-bond acceptors (Lipinski definition) is 10. The zero-order valence-corrected chi connectivity index (χ0v) is 47.8. The maximum Gasteiger partial charge on any atom is 0.243 e. The predicted octanol–water partition coefficient (Wildman–Crippen LogP) is 12.8. The zero-order valence-electron chi connectivity index (χ0n) is 44.5. The maximum absolute atomic E-state index is 13.5. The van der Waals surface area contributed by atoms with Gasteiger partial charge in [-0.1, -0.05) is 226 Å². The van der Waals surface area contributed by atoms with E-state index in [9.17, 15) is 24.3 Å². The summed E-state index contributed by atoms with van der Waals surface area (Å²) in [5.41, 5.74) is 0. The third-order valence-corrected chi connectivity index (χ3v) is 17.5. The molecule has 2 unspecified atom stereocenters. The summed E-state index contributed by atoms with van der Waals surface area (Å²) in [5.74, 6) is 3.07. The lowest BCUT2D eigenvalue weighted by atomic mass is 10.0. The highest BCUT2D eigenvalue weighted by molar-refractivity contribution is 8.77. The van der Waals surface area contributed by atoms with E-state index in [0.717, 1.165) is 17.3 Å². The summed E-state index contributed by atoms with van der Waals surface area (Å²) in [4.78, 5) is 59.0. The lowest BCUT2D eigenvalue weighted by Crippen LogP contribution is -2.54. The smallest absolute Gasteiger partial charge is 0.243 e. The molecule has 0 saturated heterocycles. The van der Waals surface area contributed by atoms with Crippen LogP contribution >= 0.6 is 43.2 Å². The van der Waals surface area contributed by atoms with Gasteiger partial charge in [-0.25, -0.2) is 0 Å². The van der Waals surface area contributed by atoms with Crippen molar-refractivity contribution in [3.8, 4) is 0 Å². The first-order valence-corrected chi connectivity index (χ1v) is 32.4. The van der Waals surface area contributed by atoms with Gasteiger partial charge in [0.15, 0.2) is 0 Å². The molecule has 0 aromatic heterocycles. The molecule has 396 valence electrons. The Hall–Kier alpha value is -0.800. The number of amides is 4. The fourth-order valence-electron chi connectivity index (χ4n) is 8.51. The molecule has 0 aromatic carbocycles. The van der Waals surface area contributed by atoms with Crippen LogP contribution in [0.2, 0.25) is 0 Å². The molecule has 0 aliphatic heterocycles. The van der Waals surface area contributed by atoms with E-state index in [1.54, 1.807) is 31.4 Å². The van der Waals surface area contributed by atoms with Gasteiger partial charge < -0.3 is 30.4 Å². The van der Waals surface area contributed by atoms with Gasteiger partial charge in [-0.2, -0.15) is 0 Å². The summed E-state index contributed by atoms with van der Waals surface area (Å²) in [6.07, 6.45) is 33.1. The minimum Gasteiger partial charge on any atom is -0.395 e. The number of aliphatic hydroxyl groups excluding tert-OH is 1. The minimum atomic E-state index is -0.665. The molecule has 0 saturated carbocycles. The lowest BCUT2D eigenvalue weighted by molar-refractivity contribution is -0.142. The number of likely N-dealkylation sites (N-methyl/N-ethyl adjacent to an activating group) is 2. The topological polar surface area (TPSA) is 122 Å². The van der Waals surface area contributed by atoms with Gasteiger partial charge in [-0.3, -0.25) is 19.2 Å². The normalized spacial score (nSPS) is 12.5. The first-order valence-electron chi connectivity index (χ1n) is 27.4. The number of nitrogens with zero attached hydrogens (tertiary/aromatic N) is 3. The van der Waals surface area contributed by atoms with Crippen molar-refractivity contribution in [1.82, 2.24) is 25.3 Å². The molecule has 0 bridgehead atoms. The van der Waals surface area contributed by atoms with Crippen LogP contribution in [0.4, 0.5) is 0 Å². The van der Waals surface area contributed by atoms with E-state index >= 15 is 0 Å². The van der Waals surface area contributed by atoms with Crippen molar-refractivity contribution in [1.29, 1.82) is 0 Å². The molecule has 0 rings (SSSR count). The highest BCUT2D eigenvalue weighted by Crippen LogP contribution is 2.26. The van der Waals surface area contributed by atoms with Gasteiger partial charge in [0, 0.05) is 75.1 Å². The number of carbonyl (C=O) groups is 4. The third-order valence-electron chi connectivity index (χ3n) is 12.5. The summed E-state index contributed by atoms with van der Waals surface area (Å²) in [7, 11) is 9.14. The van der Waals surface area contributed by atoms with Gasteiger partial charge in [0.05, 0.1) is 6.61 Å². The molecule has 0 aromatic rings. The standard InChI is InChI=1S/C53H105N5O5S4/c1-9-12-14-16-18-20-22-24-26-28-30-32-42-64-66-44-34-48(60)57(11-3)50(46(4)5)52(62)54-36-38-56(8)39-37-55-53(63)51(47(6)7)58(40-41-59)49(61)35-45-67-65-43-33-31-29-27-25-23-21-19-17-15-13-10-2/h46-47,50-51,59H,9-45H2,1-8H3,(H,54,62)(H,55,63). The van der Waals surface area contributed by atoms with Gasteiger partial charge in [0.25, 0.3) is 0 Å². The molecule has 10 nitrogen and oxygen atoms in total. The second kappa shape index (κ2) is 47.5. The molecule has 4 amide bonds. The van der Waals surface area contributed by atoms with E-state index in [2.05, 4.69) is 24.5 Å². The Kier molecular flexibility index (Phi) is 47.0. The van der Waals surface area contributed by atoms with Crippen molar-refractivity contribution in [2.75, 3.05) is 75.9 Å². The summed E-state index contributed by atoms with van der Waals surface area (Å²) in [6, 6.07) is -1.19. The Balaban J connectivity index is 4.48. The van der Waals surface area contributed by atoms with Crippen molar-refractivity contribution in [2.45, 2.75) is 227 Å². The number of unbranched alkanes of at least 4 members (excludes halogenated alkanes) is 22. The zero-order chi connectivity index (χ0) is 49.8. The Morgan fingerprint density at radius 2 is 0.761 bits per heavy atom. The highest BCUT2D eigenvalue weighted by atomic mass is 33.1. The fraction of sp³-hybridized carbons (Fsp3) is 0.925. The van der Waals surface area contributed by atoms with Crippen LogP contribution in [0, 0.1) is 11.8 Å². The third kappa shape index (κ3) is 36.7. The Bertz CT molecular complexity index is 1190. The Morgan fingerprint density at radius 3 is 1.09 bits per heavy atom. The van der Waals surface area contributed by atoms with Crippen LogP contribution in [0.25, 0.3) is 0 Å². The molecule has 0 radical (unpaired) electrons. The van der Waals surface area contributed by atoms with Gasteiger partial charge in [0.1, 0.15) is 12.1 Å². The highest BCUT2D eigenvalue weighted by Gasteiger charge is 2.33. The molecular weight excluding hydrogens is 915 g/mol. The van der Waals surface area contributed by atoms with Gasteiger partial charge in [0.2, 0.25) is 23.6 Å². The molecule has 0 fully saturated rings. The Morgan fingerprint density at radius 1 is 0.448 bits per heavy atom. The minimum absolute atomic E-state index is 0.0255. The predicted molar refractivity (Wildman–Crippen MR) is 298 cm³/mol. The van der Waals surface area contributed by atoms with Gasteiger partial charge in [-0.05, 0) is 38.6 Å². The quantitative estimate of drug-likeness (QED) is 0.0401. The largest absolute Gasteiger partial charge is 0.395 e. The molecule has 0 aliphatic rings. The van der Waals surface area contributed by atoms with E-state index in [1.807, 2.05) is 68.2 Å². The molecular formula is C53H105N5O5S4. The van der Waals surface area contributed by atoms with E-state index < -0.39 is 12.1 Å². The molecule has 2 atom stereocenters. The van der Waals surface area contributed by atoms with E-state index in [0.29, 0.717) is 51.3 Å². The number of rotatable bonds is 49. The molecule has 14 heteroatoms. The number of nitrogens with one attached hydrogen (secondary N) is 2. The molecule has 0 heterocycles. The van der Waals surface area contributed by atoms with Gasteiger partial charge in [-0.15, -0.1) is 0 Å². The van der Waals surface area contributed by atoms with Crippen molar-refractivity contribution in [2.24, 2.45) is 11.8 Å². The second-order valence-electron chi connectivity index (χ2n) is 19.3. The van der Waals surface area contributed by atoms with Crippen LogP contribution in [0.5, 0.6) is 0 Å². The first kappa shape index (κ1) is 66.2. The summed E-state index contributed by atoms with van der Waals surface area (Å²) in [6.45, 7) is 16.7. The summed E-state index contributed by atoms with van der Waals surface area (Å²) in [5, 5.41) is 15.9. The second-order valence-corrected chi connectivity index (χ2v) is 24.7.